The van der Waals surface area contributed by atoms with E-state index in [0.29, 0.717) is 19.6 Å². The molecule has 4 nitrogen and oxygen atoms in total. The molecule has 0 aromatic heterocycles. The third-order valence-electron chi connectivity index (χ3n) is 1.86. The molecule has 0 fully saturated rings. The van der Waals surface area contributed by atoms with Crippen LogP contribution >= 0.6 is 0 Å². The van der Waals surface area contributed by atoms with Gasteiger partial charge in [0.2, 0.25) is 0 Å². The summed E-state index contributed by atoms with van der Waals surface area (Å²) in [6.07, 6.45) is 9.36. The Morgan fingerprint density at radius 1 is 1.00 bits per heavy atom. The fourth-order valence-corrected chi connectivity index (χ4v) is 0.919. The maximum Gasteiger partial charge on any atom is 0.158 e. The number of aliphatic hydroxyl groups is 1. The number of carbonyl (C=O) groups is 1. The van der Waals surface area contributed by atoms with E-state index in [1.807, 2.05) is 6.92 Å². The lowest BCUT2D eigenvalue weighted by Gasteiger charge is -2.15. The highest BCUT2D eigenvalue weighted by molar-refractivity contribution is 5.48. The highest BCUT2D eigenvalue weighted by Crippen LogP contribution is 2.03. The summed E-state index contributed by atoms with van der Waals surface area (Å²) in [5.41, 5.74) is 0. The normalized spacial score (nSPS) is 8.76. The van der Waals surface area contributed by atoms with Gasteiger partial charge in [-0.25, -0.2) is 0 Å². The van der Waals surface area contributed by atoms with E-state index in [9.17, 15) is 4.79 Å². The Morgan fingerprint density at radius 3 is 1.67 bits per heavy atom. The van der Waals surface area contributed by atoms with Gasteiger partial charge in [0.15, 0.2) is 6.29 Å². The molecule has 0 amide bonds. The largest absolute Gasteiger partial charge is 0.392 e. The van der Waals surface area contributed by atoms with Crippen molar-refractivity contribution < 1.29 is 19.4 Å². The molecule has 0 aromatic carbocycles. The SMILES string of the molecule is C=CCO.C=CCOC(CCC)OCC=C.CCCC=O. The molecule has 124 valence electrons. The summed E-state index contributed by atoms with van der Waals surface area (Å²) in [5.74, 6) is 0. The Kier molecular flexibility index (Phi) is 32.0. The van der Waals surface area contributed by atoms with E-state index in [0.717, 1.165) is 25.5 Å². The minimum Gasteiger partial charge on any atom is -0.392 e. The molecule has 0 heterocycles. The first-order valence-corrected chi connectivity index (χ1v) is 7.28. The Hall–Kier alpha value is -1.23. The van der Waals surface area contributed by atoms with Crippen LogP contribution < -0.4 is 0 Å². The molecule has 0 rings (SSSR count). The lowest BCUT2D eigenvalue weighted by molar-refractivity contribution is -0.130. The molecule has 0 atom stereocenters. The Bertz CT molecular complexity index is 215. The van der Waals surface area contributed by atoms with Gasteiger partial charge >= 0.3 is 0 Å². The molecule has 0 aliphatic heterocycles. The summed E-state index contributed by atoms with van der Waals surface area (Å²) < 4.78 is 10.7. The molecule has 0 aromatic rings. The first-order valence-electron chi connectivity index (χ1n) is 7.28. The van der Waals surface area contributed by atoms with E-state index in [1.54, 1.807) is 12.2 Å². The van der Waals surface area contributed by atoms with Crippen molar-refractivity contribution in [1.29, 1.82) is 0 Å². The predicted octanol–water partition coefficient (Wildman–Crippen LogP) is 3.67. The van der Waals surface area contributed by atoms with Crippen molar-refractivity contribution in [2.24, 2.45) is 0 Å². The molecular weight excluding hydrogens is 268 g/mol. The van der Waals surface area contributed by atoms with Crippen LogP contribution in [0, 0.1) is 0 Å². The second-order valence-electron chi connectivity index (χ2n) is 3.89. The monoisotopic (exact) mass is 300 g/mol. The Labute approximate surface area is 130 Å². The van der Waals surface area contributed by atoms with Crippen LogP contribution in [0.5, 0.6) is 0 Å². The van der Waals surface area contributed by atoms with Crippen LogP contribution in [0.4, 0.5) is 0 Å². The molecule has 0 radical (unpaired) electrons. The van der Waals surface area contributed by atoms with Gasteiger partial charge in [-0.3, -0.25) is 0 Å². The van der Waals surface area contributed by atoms with Crippen LogP contribution in [0.1, 0.15) is 39.5 Å². The van der Waals surface area contributed by atoms with Crippen molar-refractivity contribution in [2.75, 3.05) is 19.8 Å². The molecule has 0 spiro atoms. The third kappa shape index (κ3) is 32.4. The second-order valence-corrected chi connectivity index (χ2v) is 3.89. The van der Waals surface area contributed by atoms with E-state index < -0.39 is 0 Å². The molecule has 0 bridgehead atoms. The number of aliphatic hydroxyl groups excluding tert-OH is 1. The summed E-state index contributed by atoms with van der Waals surface area (Å²) in [7, 11) is 0. The van der Waals surface area contributed by atoms with Crippen molar-refractivity contribution in [3.8, 4) is 0 Å². The molecule has 0 unspecified atom stereocenters. The van der Waals surface area contributed by atoms with Crippen LogP contribution in [0.3, 0.4) is 0 Å². The van der Waals surface area contributed by atoms with Gasteiger partial charge in [0.1, 0.15) is 6.29 Å². The zero-order valence-electron chi connectivity index (χ0n) is 13.6. The summed E-state index contributed by atoms with van der Waals surface area (Å²) in [6, 6.07) is 0. The van der Waals surface area contributed by atoms with Gasteiger partial charge in [0.25, 0.3) is 0 Å². The standard InChI is InChI=1S/C10H18O2.C4H8O.C3H6O/c1-4-7-10(11-8-5-2)12-9-6-3;1-2-3-4-5;1-2-3-4/h5-6,10H,2-4,7-9H2,1H3;4H,2-3H2,1H3;2,4H,1,3H2. The van der Waals surface area contributed by atoms with Crippen LogP contribution in [0.15, 0.2) is 38.0 Å². The summed E-state index contributed by atoms with van der Waals surface area (Å²) in [4.78, 5) is 9.40. The van der Waals surface area contributed by atoms with Crippen LogP contribution in [0.25, 0.3) is 0 Å². The maximum atomic E-state index is 9.40. The number of unbranched alkanes of at least 4 members (excludes halogenated alkanes) is 1. The number of ether oxygens (including phenoxy) is 2. The molecule has 1 N–H and O–H groups in total. The van der Waals surface area contributed by atoms with Crippen LogP contribution in [0.2, 0.25) is 0 Å². The average Bonchev–Trinajstić information content (AvgIpc) is 2.51. The molecule has 0 saturated carbocycles. The molecule has 21 heavy (non-hydrogen) atoms. The quantitative estimate of drug-likeness (QED) is 0.359. The first-order chi connectivity index (χ1) is 10.2. The van der Waals surface area contributed by atoms with E-state index in [2.05, 4.69) is 26.7 Å². The molecule has 0 aliphatic carbocycles. The number of hydrogen-bond donors (Lipinski definition) is 1. The number of rotatable bonds is 11. The number of carbonyl (C=O) groups excluding carboxylic acids is 1. The van der Waals surface area contributed by atoms with Gasteiger partial charge in [-0.2, -0.15) is 0 Å². The fourth-order valence-electron chi connectivity index (χ4n) is 0.919. The Balaban J connectivity index is -0.000000297. The maximum absolute atomic E-state index is 9.40. The van der Waals surface area contributed by atoms with Gasteiger partial charge in [0.05, 0.1) is 19.8 Å². The highest BCUT2D eigenvalue weighted by atomic mass is 16.7. The van der Waals surface area contributed by atoms with Gasteiger partial charge in [-0.1, -0.05) is 38.5 Å². The van der Waals surface area contributed by atoms with Crippen molar-refractivity contribution in [2.45, 2.75) is 45.8 Å². The predicted molar refractivity (Wildman–Crippen MR) is 89.2 cm³/mol. The smallest absolute Gasteiger partial charge is 0.158 e. The zero-order valence-corrected chi connectivity index (χ0v) is 13.6. The number of aldehydes is 1. The van der Waals surface area contributed by atoms with Crippen molar-refractivity contribution in [3.63, 3.8) is 0 Å². The topological polar surface area (TPSA) is 55.8 Å². The summed E-state index contributed by atoms with van der Waals surface area (Å²) in [6.45, 7) is 15.6. The molecule has 4 heteroatoms. The van der Waals surface area contributed by atoms with Crippen molar-refractivity contribution in [1.82, 2.24) is 0 Å². The van der Waals surface area contributed by atoms with Crippen LogP contribution in [-0.4, -0.2) is 37.5 Å². The molecule has 0 aliphatic rings. The van der Waals surface area contributed by atoms with Crippen molar-refractivity contribution >= 4 is 6.29 Å². The van der Waals surface area contributed by atoms with E-state index in [-0.39, 0.29) is 12.9 Å². The average molecular weight is 300 g/mol. The summed E-state index contributed by atoms with van der Waals surface area (Å²) >= 11 is 0. The third-order valence-corrected chi connectivity index (χ3v) is 1.86. The van der Waals surface area contributed by atoms with E-state index in [4.69, 9.17) is 14.6 Å². The zero-order chi connectivity index (χ0) is 16.8. The fraction of sp³-hybridized carbons (Fsp3) is 0.588. The van der Waals surface area contributed by atoms with Gasteiger partial charge in [-0.15, -0.1) is 19.7 Å². The minimum absolute atomic E-state index is 0.0833. The van der Waals surface area contributed by atoms with Gasteiger partial charge in [-0.05, 0) is 12.8 Å². The lowest BCUT2D eigenvalue weighted by Crippen LogP contribution is -2.17. The van der Waals surface area contributed by atoms with Crippen LogP contribution in [-0.2, 0) is 14.3 Å². The van der Waals surface area contributed by atoms with Gasteiger partial charge in [0, 0.05) is 6.42 Å². The van der Waals surface area contributed by atoms with E-state index in [1.165, 1.54) is 6.08 Å². The lowest BCUT2D eigenvalue weighted by atomic mass is 10.3. The highest BCUT2D eigenvalue weighted by Gasteiger charge is 2.05. The molecule has 0 saturated heterocycles. The van der Waals surface area contributed by atoms with Crippen molar-refractivity contribution in [3.05, 3.63) is 38.0 Å². The minimum atomic E-state index is -0.106. The molecular formula is C17H32O4. The summed E-state index contributed by atoms with van der Waals surface area (Å²) in [5, 5.41) is 7.76. The Morgan fingerprint density at radius 2 is 1.48 bits per heavy atom. The first kappa shape index (κ1) is 24.8. The van der Waals surface area contributed by atoms with Gasteiger partial charge < -0.3 is 19.4 Å². The van der Waals surface area contributed by atoms with E-state index >= 15 is 0 Å². The number of hydrogen-bond acceptors (Lipinski definition) is 4. The second kappa shape index (κ2) is 27.2.